The van der Waals surface area contributed by atoms with Crippen LogP contribution in [-0.2, 0) is 16.4 Å². The highest BCUT2D eigenvalue weighted by molar-refractivity contribution is 7.91. The molecule has 1 aromatic heterocycles. The molecule has 3 aromatic rings. The van der Waals surface area contributed by atoms with Crippen LogP contribution in [0.15, 0.2) is 77.0 Å². The molecule has 0 bridgehead atoms. The summed E-state index contributed by atoms with van der Waals surface area (Å²) in [6.07, 6.45) is 5.47. The second-order valence-corrected chi connectivity index (χ2v) is 8.03. The molecule has 2 aromatic carbocycles. The van der Waals surface area contributed by atoms with Crippen molar-refractivity contribution in [1.82, 2.24) is 9.55 Å². The van der Waals surface area contributed by atoms with Gasteiger partial charge in [0.15, 0.2) is 0 Å². The van der Waals surface area contributed by atoms with Crippen LogP contribution in [0.4, 0.5) is 5.69 Å². The Labute approximate surface area is 152 Å². The van der Waals surface area contributed by atoms with Crippen molar-refractivity contribution in [3.63, 3.8) is 0 Å². The number of anilines is 1. The summed E-state index contributed by atoms with van der Waals surface area (Å²) in [6.45, 7) is 2.92. The normalized spacial score (nSPS) is 13.9. The number of hydrogen-bond acceptors (Lipinski definition) is 5. The van der Waals surface area contributed by atoms with Gasteiger partial charge < -0.3 is 14.2 Å². The van der Waals surface area contributed by atoms with Crippen LogP contribution in [0.1, 0.15) is 0 Å². The van der Waals surface area contributed by atoms with E-state index in [4.69, 9.17) is 4.74 Å². The minimum absolute atomic E-state index is 0.249. The fourth-order valence-electron chi connectivity index (χ4n) is 3.05. The molecule has 0 saturated carbocycles. The molecule has 1 aliphatic heterocycles. The van der Waals surface area contributed by atoms with Gasteiger partial charge in [-0.3, -0.25) is 0 Å². The van der Waals surface area contributed by atoms with Gasteiger partial charge in [0.05, 0.1) is 28.4 Å². The molecule has 0 N–H and O–H groups in total. The van der Waals surface area contributed by atoms with E-state index in [1.165, 1.54) is 0 Å². The van der Waals surface area contributed by atoms with Crippen LogP contribution < -0.4 is 9.64 Å². The molecular formula is C19H19N3O3S. The van der Waals surface area contributed by atoms with E-state index in [1.54, 1.807) is 55.0 Å². The van der Waals surface area contributed by atoms with Gasteiger partial charge in [-0.25, -0.2) is 13.4 Å². The summed E-state index contributed by atoms with van der Waals surface area (Å²) in [5, 5.41) is 0. The average Bonchev–Trinajstić information content (AvgIpc) is 3.20. The van der Waals surface area contributed by atoms with Crippen molar-refractivity contribution in [2.24, 2.45) is 0 Å². The highest BCUT2D eigenvalue weighted by atomic mass is 32.2. The predicted molar refractivity (Wildman–Crippen MR) is 98.3 cm³/mol. The molecule has 26 heavy (non-hydrogen) atoms. The van der Waals surface area contributed by atoms with E-state index in [0.29, 0.717) is 12.4 Å². The fraction of sp³-hybridized carbons (Fsp3) is 0.211. The number of imidazole rings is 1. The summed E-state index contributed by atoms with van der Waals surface area (Å²) < 4.78 is 33.4. The summed E-state index contributed by atoms with van der Waals surface area (Å²) in [6, 6.07) is 13.6. The smallest absolute Gasteiger partial charge is 0.206 e. The third kappa shape index (κ3) is 3.17. The van der Waals surface area contributed by atoms with Crippen molar-refractivity contribution < 1.29 is 13.2 Å². The molecule has 0 amide bonds. The topological polar surface area (TPSA) is 64.4 Å². The van der Waals surface area contributed by atoms with Gasteiger partial charge in [0, 0.05) is 31.5 Å². The maximum Gasteiger partial charge on any atom is 0.206 e. The van der Waals surface area contributed by atoms with Gasteiger partial charge in [-0.2, -0.15) is 0 Å². The molecule has 6 nitrogen and oxygen atoms in total. The van der Waals surface area contributed by atoms with Crippen molar-refractivity contribution in [3.05, 3.63) is 67.3 Å². The van der Waals surface area contributed by atoms with Gasteiger partial charge >= 0.3 is 0 Å². The van der Waals surface area contributed by atoms with Crippen molar-refractivity contribution in [2.45, 2.75) is 16.3 Å². The largest absolute Gasteiger partial charge is 0.490 e. The number of fused-ring (bicyclic) bond motifs is 1. The second-order valence-electron chi connectivity index (χ2n) is 6.08. The lowest BCUT2D eigenvalue weighted by Crippen LogP contribution is -2.35. The van der Waals surface area contributed by atoms with Crippen molar-refractivity contribution in [2.75, 3.05) is 24.6 Å². The highest BCUT2D eigenvalue weighted by Crippen LogP contribution is 2.35. The molecular weight excluding hydrogens is 350 g/mol. The molecule has 0 radical (unpaired) electrons. The van der Waals surface area contributed by atoms with E-state index in [9.17, 15) is 8.42 Å². The van der Waals surface area contributed by atoms with Crippen LogP contribution in [0, 0.1) is 0 Å². The Kier molecular flexibility index (Phi) is 4.38. The third-order valence-electron chi connectivity index (χ3n) is 4.44. The van der Waals surface area contributed by atoms with Crippen LogP contribution >= 0.6 is 0 Å². The van der Waals surface area contributed by atoms with E-state index >= 15 is 0 Å². The Bertz CT molecular complexity index is 986. The standard InChI is InChI=1S/C19H19N3O3S/c23-26(24,16-4-2-1-3-5-16)17-6-7-18-19(14-17)25-13-12-22(18)11-10-21-9-8-20-15-21/h1-9,14-15H,10-13H2. The Hall–Kier alpha value is -2.80. The molecule has 134 valence electrons. The van der Waals surface area contributed by atoms with E-state index in [0.717, 1.165) is 25.3 Å². The lowest BCUT2D eigenvalue weighted by molar-refractivity contribution is 0.305. The average molecular weight is 369 g/mol. The molecule has 2 heterocycles. The first-order chi connectivity index (χ1) is 12.6. The number of aromatic nitrogens is 2. The second kappa shape index (κ2) is 6.84. The zero-order valence-electron chi connectivity index (χ0n) is 14.2. The Balaban J connectivity index is 1.60. The first-order valence-corrected chi connectivity index (χ1v) is 9.90. The first kappa shape index (κ1) is 16.7. The molecule has 0 fully saturated rings. The molecule has 4 rings (SSSR count). The van der Waals surface area contributed by atoms with Gasteiger partial charge in [0.1, 0.15) is 12.4 Å². The van der Waals surface area contributed by atoms with E-state index in [1.807, 2.05) is 16.8 Å². The predicted octanol–water partition coefficient (Wildman–Crippen LogP) is 2.61. The van der Waals surface area contributed by atoms with Crippen LogP contribution in [0.25, 0.3) is 0 Å². The number of nitrogens with zero attached hydrogens (tertiary/aromatic N) is 3. The Morgan fingerprint density at radius 1 is 1.04 bits per heavy atom. The molecule has 0 unspecified atom stereocenters. The maximum absolute atomic E-state index is 12.8. The lowest BCUT2D eigenvalue weighted by Gasteiger charge is -2.31. The van der Waals surface area contributed by atoms with E-state index < -0.39 is 9.84 Å². The van der Waals surface area contributed by atoms with Crippen LogP contribution in [0.5, 0.6) is 5.75 Å². The first-order valence-electron chi connectivity index (χ1n) is 8.42. The van der Waals surface area contributed by atoms with Gasteiger partial charge in [-0.05, 0) is 24.3 Å². The van der Waals surface area contributed by atoms with Crippen LogP contribution in [-0.4, -0.2) is 37.7 Å². The summed E-state index contributed by atoms with van der Waals surface area (Å²) in [7, 11) is -3.55. The van der Waals surface area contributed by atoms with Gasteiger partial charge in [-0.1, -0.05) is 18.2 Å². The van der Waals surface area contributed by atoms with E-state index in [-0.39, 0.29) is 9.79 Å². The zero-order valence-corrected chi connectivity index (χ0v) is 15.0. The third-order valence-corrected chi connectivity index (χ3v) is 6.21. The fourth-order valence-corrected chi connectivity index (χ4v) is 4.34. The number of benzene rings is 2. The minimum atomic E-state index is -3.55. The molecule has 0 atom stereocenters. The number of ether oxygens (including phenoxy) is 1. The van der Waals surface area contributed by atoms with Crippen molar-refractivity contribution in [3.8, 4) is 5.75 Å². The molecule has 1 aliphatic rings. The molecule has 0 aliphatic carbocycles. The molecule has 0 spiro atoms. The number of hydrogen-bond donors (Lipinski definition) is 0. The molecule has 7 heteroatoms. The SMILES string of the molecule is O=S(=O)(c1ccccc1)c1ccc2c(c1)OCCN2CCn1ccnc1. The monoisotopic (exact) mass is 369 g/mol. The van der Waals surface area contributed by atoms with Crippen LogP contribution in [0.3, 0.4) is 0 Å². The van der Waals surface area contributed by atoms with Crippen LogP contribution in [0.2, 0.25) is 0 Å². The summed E-state index contributed by atoms with van der Waals surface area (Å²) in [5.74, 6) is 0.610. The van der Waals surface area contributed by atoms with Gasteiger partial charge in [0.25, 0.3) is 0 Å². The highest BCUT2D eigenvalue weighted by Gasteiger charge is 2.23. The molecule has 0 saturated heterocycles. The van der Waals surface area contributed by atoms with E-state index in [2.05, 4.69) is 9.88 Å². The van der Waals surface area contributed by atoms with Crippen molar-refractivity contribution >= 4 is 15.5 Å². The quantitative estimate of drug-likeness (QED) is 0.692. The number of rotatable bonds is 5. The minimum Gasteiger partial charge on any atom is -0.490 e. The summed E-state index contributed by atoms with van der Waals surface area (Å²) in [4.78, 5) is 6.79. The van der Waals surface area contributed by atoms with Crippen molar-refractivity contribution in [1.29, 1.82) is 0 Å². The Morgan fingerprint density at radius 2 is 1.88 bits per heavy atom. The maximum atomic E-state index is 12.8. The van der Waals surface area contributed by atoms with Gasteiger partial charge in [0.2, 0.25) is 9.84 Å². The summed E-state index contributed by atoms with van der Waals surface area (Å²) >= 11 is 0. The number of sulfone groups is 1. The zero-order chi connectivity index (χ0) is 18.0. The lowest BCUT2D eigenvalue weighted by atomic mass is 10.2. The summed E-state index contributed by atoms with van der Waals surface area (Å²) in [5.41, 5.74) is 0.920. The van der Waals surface area contributed by atoms with Gasteiger partial charge in [-0.15, -0.1) is 0 Å². The Morgan fingerprint density at radius 3 is 2.65 bits per heavy atom.